The fourth-order valence-corrected chi connectivity index (χ4v) is 3.94. The second-order valence-corrected chi connectivity index (χ2v) is 9.24. The number of rotatable bonds is 3. The van der Waals surface area contributed by atoms with Crippen molar-refractivity contribution in [1.29, 1.82) is 0 Å². The van der Waals surface area contributed by atoms with Crippen LogP contribution < -0.4 is 10.6 Å². The second-order valence-electron chi connectivity index (χ2n) is 8.23. The molecule has 1 saturated heterocycles. The summed E-state index contributed by atoms with van der Waals surface area (Å²) >= 11 is 1.30. The molecule has 7 nitrogen and oxygen atoms in total. The summed E-state index contributed by atoms with van der Waals surface area (Å²) in [6.45, 7) is 9.23. The van der Waals surface area contributed by atoms with Crippen LogP contribution in [0, 0.1) is 6.92 Å². The third kappa shape index (κ3) is 5.28. The number of carbonyl (C=O) groups excluding carboxylic acids is 2. The van der Waals surface area contributed by atoms with E-state index in [0.717, 1.165) is 35.6 Å². The van der Waals surface area contributed by atoms with E-state index in [1.54, 1.807) is 0 Å². The molecule has 1 fully saturated rings. The summed E-state index contributed by atoms with van der Waals surface area (Å²) < 4.78 is 0. The average molecular weight is 402 g/mol. The number of aryl methyl sites for hydroxylation is 1. The highest BCUT2D eigenvalue weighted by molar-refractivity contribution is 7.13. The lowest BCUT2D eigenvalue weighted by Gasteiger charge is -2.34. The van der Waals surface area contributed by atoms with Crippen molar-refractivity contribution in [3.05, 3.63) is 39.8 Å². The predicted octanol–water partition coefficient (Wildman–Crippen LogP) is 3.79. The minimum absolute atomic E-state index is 0.0564. The molecule has 0 saturated carbocycles. The molecule has 1 aromatic carbocycles. The van der Waals surface area contributed by atoms with Gasteiger partial charge in [-0.25, -0.2) is 4.79 Å². The van der Waals surface area contributed by atoms with Crippen LogP contribution in [0.5, 0.6) is 0 Å². The van der Waals surface area contributed by atoms with Crippen molar-refractivity contribution in [2.45, 2.75) is 52.0 Å². The Morgan fingerprint density at radius 2 is 1.89 bits per heavy atom. The molecule has 2 N–H and O–H groups in total. The maximum Gasteiger partial charge on any atom is 0.317 e. The Balaban J connectivity index is 1.63. The van der Waals surface area contributed by atoms with Crippen LogP contribution in [0.4, 0.5) is 10.5 Å². The van der Waals surface area contributed by atoms with Crippen molar-refractivity contribution < 1.29 is 9.59 Å². The van der Waals surface area contributed by atoms with E-state index in [1.807, 2.05) is 56.9 Å². The summed E-state index contributed by atoms with van der Waals surface area (Å²) in [4.78, 5) is 26.7. The molecule has 1 aliphatic rings. The molecule has 3 amide bonds. The number of nitrogens with one attached hydrogen (secondary N) is 2. The summed E-state index contributed by atoms with van der Waals surface area (Å²) in [5.41, 5.74) is 1.59. The van der Waals surface area contributed by atoms with Gasteiger partial charge in [-0.15, -0.1) is 10.2 Å². The monoisotopic (exact) mass is 401 g/mol. The minimum atomic E-state index is -0.270. The minimum Gasteiger partial charge on any atom is -0.333 e. The first-order valence-corrected chi connectivity index (χ1v) is 10.3. The highest BCUT2D eigenvalue weighted by atomic mass is 32.1. The number of carbonyl (C=O) groups is 2. The third-order valence-corrected chi connectivity index (χ3v) is 5.57. The molecule has 28 heavy (non-hydrogen) atoms. The largest absolute Gasteiger partial charge is 0.333 e. The Hall–Kier alpha value is -2.48. The molecule has 0 radical (unpaired) electrons. The maximum atomic E-state index is 12.4. The summed E-state index contributed by atoms with van der Waals surface area (Å²) in [7, 11) is 0. The number of aromatic nitrogens is 2. The standard InChI is InChI=1S/C20H27N5O2S/c1-13-7-9-15(10-8-13)21-16(26)18-24-23-17(28-18)14-6-5-11-25(12-14)19(27)22-20(2,3)4/h7-10,14H,5-6,11-12H2,1-4H3,(H,21,26)(H,22,27). The summed E-state index contributed by atoms with van der Waals surface area (Å²) in [5, 5.41) is 15.3. The van der Waals surface area contributed by atoms with Crippen molar-refractivity contribution in [3.8, 4) is 0 Å². The Morgan fingerprint density at radius 1 is 1.18 bits per heavy atom. The van der Waals surface area contributed by atoms with Gasteiger partial charge in [0.25, 0.3) is 5.91 Å². The van der Waals surface area contributed by atoms with Crippen LogP contribution in [0.2, 0.25) is 0 Å². The summed E-state index contributed by atoms with van der Waals surface area (Å²) in [6.07, 6.45) is 1.85. The Bertz CT molecular complexity index is 841. The second kappa shape index (κ2) is 8.26. The van der Waals surface area contributed by atoms with E-state index in [1.165, 1.54) is 11.3 Å². The van der Waals surface area contributed by atoms with Crippen LogP contribution in [0.3, 0.4) is 0 Å². The molecule has 1 aromatic heterocycles. The molecule has 150 valence electrons. The number of hydrogen-bond acceptors (Lipinski definition) is 5. The molecule has 1 unspecified atom stereocenters. The normalized spacial score (nSPS) is 17.3. The van der Waals surface area contributed by atoms with Crippen LogP contribution in [0.1, 0.15) is 59.9 Å². The molecule has 0 bridgehead atoms. The zero-order valence-electron chi connectivity index (χ0n) is 16.8. The van der Waals surface area contributed by atoms with Crippen LogP contribution in [0.25, 0.3) is 0 Å². The van der Waals surface area contributed by atoms with Crippen LogP contribution in [0.15, 0.2) is 24.3 Å². The Morgan fingerprint density at radius 3 is 2.57 bits per heavy atom. The first-order chi connectivity index (χ1) is 13.2. The van der Waals surface area contributed by atoms with Gasteiger partial charge in [0, 0.05) is 30.2 Å². The van der Waals surface area contributed by atoms with Gasteiger partial charge in [0.2, 0.25) is 5.01 Å². The third-order valence-electron chi connectivity index (χ3n) is 4.48. The lowest BCUT2D eigenvalue weighted by molar-refractivity contribution is 0.102. The van der Waals surface area contributed by atoms with E-state index in [-0.39, 0.29) is 23.4 Å². The molecule has 1 atom stereocenters. The number of likely N-dealkylation sites (tertiary alicyclic amines) is 1. The SMILES string of the molecule is Cc1ccc(NC(=O)c2nnc(C3CCCN(C(=O)NC(C)(C)C)C3)s2)cc1. The fourth-order valence-electron chi connectivity index (χ4n) is 3.08. The smallest absolute Gasteiger partial charge is 0.317 e. The van der Waals surface area contributed by atoms with Crippen molar-refractivity contribution in [2.24, 2.45) is 0 Å². The quantitative estimate of drug-likeness (QED) is 0.819. The molecular weight excluding hydrogens is 374 g/mol. The summed E-state index contributed by atoms with van der Waals surface area (Å²) in [5.74, 6) is -0.149. The highest BCUT2D eigenvalue weighted by Gasteiger charge is 2.29. The van der Waals surface area contributed by atoms with E-state index < -0.39 is 0 Å². The van der Waals surface area contributed by atoms with E-state index in [2.05, 4.69) is 20.8 Å². The van der Waals surface area contributed by atoms with Gasteiger partial charge < -0.3 is 15.5 Å². The molecule has 2 heterocycles. The fraction of sp³-hybridized carbons (Fsp3) is 0.500. The number of benzene rings is 1. The molecule has 0 spiro atoms. The highest BCUT2D eigenvalue weighted by Crippen LogP contribution is 2.29. The van der Waals surface area contributed by atoms with E-state index in [0.29, 0.717) is 11.6 Å². The topological polar surface area (TPSA) is 87.2 Å². The van der Waals surface area contributed by atoms with E-state index in [4.69, 9.17) is 0 Å². The number of hydrogen-bond donors (Lipinski definition) is 2. The van der Waals surface area contributed by atoms with Gasteiger partial charge in [-0.3, -0.25) is 4.79 Å². The molecular formula is C20H27N5O2S. The molecule has 3 rings (SSSR count). The lowest BCUT2D eigenvalue weighted by Crippen LogP contribution is -2.51. The van der Waals surface area contributed by atoms with Crippen LogP contribution >= 0.6 is 11.3 Å². The number of anilines is 1. The van der Waals surface area contributed by atoms with Gasteiger partial charge in [-0.05, 0) is 52.7 Å². The van der Waals surface area contributed by atoms with E-state index in [9.17, 15) is 9.59 Å². The van der Waals surface area contributed by atoms with Crippen molar-refractivity contribution in [1.82, 2.24) is 20.4 Å². The van der Waals surface area contributed by atoms with E-state index >= 15 is 0 Å². The van der Waals surface area contributed by atoms with Gasteiger partial charge in [0.05, 0.1) is 0 Å². The molecule has 0 aliphatic carbocycles. The maximum absolute atomic E-state index is 12.4. The molecule has 2 aromatic rings. The molecule has 8 heteroatoms. The predicted molar refractivity (Wildman–Crippen MR) is 111 cm³/mol. The van der Waals surface area contributed by atoms with Gasteiger partial charge in [0.15, 0.2) is 0 Å². The summed E-state index contributed by atoms with van der Waals surface area (Å²) in [6, 6.07) is 7.56. The first kappa shape index (κ1) is 20.3. The Labute approximate surface area is 169 Å². The van der Waals surface area contributed by atoms with Crippen molar-refractivity contribution in [2.75, 3.05) is 18.4 Å². The number of urea groups is 1. The van der Waals surface area contributed by atoms with Gasteiger partial charge >= 0.3 is 6.03 Å². The number of piperidine rings is 1. The average Bonchev–Trinajstić information content (AvgIpc) is 3.13. The van der Waals surface area contributed by atoms with Gasteiger partial charge in [-0.1, -0.05) is 29.0 Å². The van der Waals surface area contributed by atoms with Gasteiger partial charge in [-0.2, -0.15) is 0 Å². The first-order valence-electron chi connectivity index (χ1n) is 9.50. The lowest BCUT2D eigenvalue weighted by atomic mass is 9.99. The number of nitrogens with zero attached hydrogens (tertiary/aromatic N) is 3. The Kier molecular flexibility index (Phi) is 5.98. The van der Waals surface area contributed by atoms with Crippen LogP contribution in [-0.4, -0.2) is 45.7 Å². The van der Waals surface area contributed by atoms with Crippen molar-refractivity contribution >= 4 is 29.0 Å². The van der Waals surface area contributed by atoms with Crippen LogP contribution in [-0.2, 0) is 0 Å². The number of amides is 3. The molecule has 1 aliphatic heterocycles. The zero-order chi connectivity index (χ0) is 20.3. The zero-order valence-corrected chi connectivity index (χ0v) is 17.6. The van der Waals surface area contributed by atoms with Crippen molar-refractivity contribution in [3.63, 3.8) is 0 Å². The van der Waals surface area contributed by atoms with Gasteiger partial charge in [0.1, 0.15) is 5.01 Å².